The van der Waals surface area contributed by atoms with Gasteiger partial charge in [0.15, 0.2) is 0 Å². The van der Waals surface area contributed by atoms with Gasteiger partial charge in [0.1, 0.15) is 17.6 Å². The predicted molar refractivity (Wildman–Crippen MR) is 113 cm³/mol. The van der Waals surface area contributed by atoms with Gasteiger partial charge in [-0.15, -0.1) is 0 Å². The van der Waals surface area contributed by atoms with Gasteiger partial charge in [0.25, 0.3) is 0 Å². The topological polar surface area (TPSA) is 68.0 Å². The monoisotopic (exact) mass is 445 g/mol. The minimum atomic E-state index is -4.50. The molecule has 0 spiro atoms. The molecule has 32 heavy (non-hydrogen) atoms. The third-order valence-electron chi connectivity index (χ3n) is 5.21. The Kier molecular flexibility index (Phi) is 7.25. The van der Waals surface area contributed by atoms with Gasteiger partial charge in [0.05, 0.1) is 0 Å². The Morgan fingerprint density at radius 3 is 2.34 bits per heavy atom. The van der Waals surface area contributed by atoms with E-state index in [9.17, 15) is 22.4 Å². The van der Waals surface area contributed by atoms with Gasteiger partial charge in [-0.2, -0.15) is 13.2 Å². The fraction of sp³-hybridized carbons (Fsp3) is 0.250. The number of pyridine rings is 1. The second-order valence-corrected chi connectivity index (χ2v) is 7.56. The van der Waals surface area contributed by atoms with Crippen molar-refractivity contribution in [2.24, 2.45) is 5.73 Å². The molecule has 1 aromatic heterocycles. The van der Waals surface area contributed by atoms with E-state index in [0.717, 1.165) is 11.6 Å². The number of alkyl halides is 3. The lowest BCUT2D eigenvalue weighted by Crippen LogP contribution is -2.36. The molecule has 1 heterocycles. The standard InChI is InChI=1S/C24H23F4N3O/c1-15-13-18(9-10-19(15)25)20(31-22(23(29)32)17-5-3-2-4-6-17)11-7-16-8-12-21(30-14-16)24(26,27)28/h2-6,8-10,12-14,20,22,31H,7,11H2,1H3,(H2,29,32)/t20-,22?/m1/s1. The molecule has 0 saturated heterocycles. The Hall–Kier alpha value is -3.26. The largest absolute Gasteiger partial charge is 0.433 e. The normalized spacial score (nSPS) is 13.5. The number of carbonyl (C=O) groups excluding carboxylic acids is 1. The highest BCUT2D eigenvalue weighted by molar-refractivity contribution is 5.81. The van der Waals surface area contributed by atoms with Crippen LogP contribution in [0.4, 0.5) is 17.6 Å². The Morgan fingerprint density at radius 1 is 1.06 bits per heavy atom. The summed E-state index contributed by atoms with van der Waals surface area (Å²) in [6.45, 7) is 1.64. The molecule has 0 aliphatic carbocycles. The number of aryl methyl sites for hydroxylation is 2. The van der Waals surface area contributed by atoms with Crippen LogP contribution in [0.1, 0.15) is 46.5 Å². The van der Waals surface area contributed by atoms with E-state index in [0.29, 0.717) is 29.5 Å². The fourth-order valence-corrected chi connectivity index (χ4v) is 3.47. The summed E-state index contributed by atoms with van der Waals surface area (Å²) < 4.78 is 52.1. The van der Waals surface area contributed by atoms with Gasteiger partial charge in [-0.3, -0.25) is 15.1 Å². The van der Waals surface area contributed by atoms with E-state index in [1.54, 1.807) is 43.3 Å². The Bertz CT molecular complexity index is 1050. The van der Waals surface area contributed by atoms with Crippen LogP contribution in [0, 0.1) is 12.7 Å². The summed E-state index contributed by atoms with van der Waals surface area (Å²) in [6.07, 6.45) is -2.49. The predicted octanol–water partition coefficient (Wildman–Crippen LogP) is 5.04. The molecule has 0 aliphatic rings. The van der Waals surface area contributed by atoms with Crippen LogP contribution < -0.4 is 11.1 Å². The maximum absolute atomic E-state index is 13.8. The van der Waals surface area contributed by atoms with E-state index in [4.69, 9.17) is 5.73 Å². The molecule has 8 heteroatoms. The SMILES string of the molecule is Cc1cc([C@@H](CCc2ccc(C(F)(F)F)nc2)NC(C(N)=O)c2ccccc2)ccc1F. The van der Waals surface area contributed by atoms with Crippen molar-refractivity contribution in [3.63, 3.8) is 0 Å². The minimum Gasteiger partial charge on any atom is -0.368 e. The summed E-state index contributed by atoms with van der Waals surface area (Å²) in [5, 5.41) is 3.24. The van der Waals surface area contributed by atoms with Crippen molar-refractivity contribution >= 4 is 5.91 Å². The summed E-state index contributed by atoms with van der Waals surface area (Å²) in [7, 11) is 0. The van der Waals surface area contributed by atoms with Crippen LogP contribution in [-0.4, -0.2) is 10.9 Å². The highest BCUT2D eigenvalue weighted by Crippen LogP contribution is 2.29. The van der Waals surface area contributed by atoms with Crippen LogP contribution in [0.3, 0.4) is 0 Å². The van der Waals surface area contributed by atoms with Crippen molar-refractivity contribution in [1.29, 1.82) is 0 Å². The maximum Gasteiger partial charge on any atom is 0.433 e. The molecule has 3 aromatic rings. The number of hydrogen-bond acceptors (Lipinski definition) is 3. The molecule has 3 rings (SSSR count). The van der Waals surface area contributed by atoms with Gasteiger partial charge in [0.2, 0.25) is 5.91 Å². The lowest BCUT2D eigenvalue weighted by molar-refractivity contribution is -0.141. The number of amides is 1. The van der Waals surface area contributed by atoms with Crippen molar-refractivity contribution in [1.82, 2.24) is 10.3 Å². The number of hydrogen-bond donors (Lipinski definition) is 2. The van der Waals surface area contributed by atoms with Crippen LogP contribution >= 0.6 is 0 Å². The van der Waals surface area contributed by atoms with E-state index in [1.807, 2.05) is 6.07 Å². The first-order valence-corrected chi connectivity index (χ1v) is 10.0. The smallest absolute Gasteiger partial charge is 0.368 e. The number of nitrogens with zero attached hydrogens (tertiary/aromatic N) is 1. The molecule has 4 nitrogen and oxygen atoms in total. The molecule has 1 amide bonds. The molecule has 2 aromatic carbocycles. The quantitative estimate of drug-likeness (QED) is 0.478. The van der Waals surface area contributed by atoms with E-state index >= 15 is 0 Å². The van der Waals surface area contributed by atoms with E-state index < -0.39 is 29.9 Å². The van der Waals surface area contributed by atoms with Gasteiger partial charge >= 0.3 is 6.18 Å². The average molecular weight is 445 g/mol. The molecule has 3 N–H and O–H groups in total. The van der Waals surface area contributed by atoms with Gasteiger partial charge < -0.3 is 5.73 Å². The van der Waals surface area contributed by atoms with Gasteiger partial charge in [0, 0.05) is 12.2 Å². The van der Waals surface area contributed by atoms with Gasteiger partial charge in [-0.1, -0.05) is 48.5 Å². The second-order valence-electron chi connectivity index (χ2n) is 7.56. The van der Waals surface area contributed by atoms with Crippen molar-refractivity contribution in [2.75, 3.05) is 0 Å². The summed E-state index contributed by atoms with van der Waals surface area (Å²) in [4.78, 5) is 15.7. The van der Waals surface area contributed by atoms with Crippen LogP contribution in [0.15, 0.2) is 66.9 Å². The van der Waals surface area contributed by atoms with E-state index in [1.165, 1.54) is 18.3 Å². The number of carbonyl (C=O) groups is 1. The first kappa shape index (κ1) is 23.4. The fourth-order valence-electron chi connectivity index (χ4n) is 3.47. The van der Waals surface area contributed by atoms with Crippen molar-refractivity contribution in [2.45, 2.75) is 38.0 Å². The number of nitrogens with two attached hydrogens (primary N) is 1. The third-order valence-corrected chi connectivity index (χ3v) is 5.21. The summed E-state index contributed by atoms with van der Waals surface area (Å²) in [5.74, 6) is -0.926. The first-order valence-electron chi connectivity index (χ1n) is 10.0. The number of halogens is 4. The molecule has 0 aliphatic heterocycles. The molecule has 0 saturated carbocycles. The molecule has 2 atom stereocenters. The Labute approximate surface area is 183 Å². The lowest BCUT2D eigenvalue weighted by Gasteiger charge is -2.25. The Morgan fingerprint density at radius 2 is 1.78 bits per heavy atom. The number of primary amides is 1. The van der Waals surface area contributed by atoms with Crippen molar-refractivity contribution in [3.8, 4) is 0 Å². The summed E-state index contributed by atoms with van der Waals surface area (Å²) >= 11 is 0. The van der Waals surface area contributed by atoms with E-state index in [2.05, 4.69) is 10.3 Å². The molecule has 168 valence electrons. The zero-order valence-electron chi connectivity index (χ0n) is 17.4. The third kappa shape index (κ3) is 5.91. The van der Waals surface area contributed by atoms with Crippen molar-refractivity contribution in [3.05, 3.63) is 101 Å². The minimum absolute atomic E-state index is 0.353. The lowest BCUT2D eigenvalue weighted by atomic mass is 9.95. The number of rotatable bonds is 8. The van der Waals surface area contributed by atoms with E-state index in [-0.39, 0.29) is 5.82 Å². The number of aromatic nitrogens is 1. The number of nitrogens with one attached hydrogen (secondary N) is 1. The molecule has 0 radical (unpaired) electrons. The van der Waals surface area contributed by atoms with Crippen LogP contribution in [0.2, 0.25) is 0 Å². The van der Waals surface area contributed by atoms with Gasteiger partial charge in [-0.25, -0.2) is 4.39 Å². The number of benzene rings is 2. The first-order chi connectivity index (χ1) is 15.1. The molecule has 0 fully saturated rings. The maximum atomic E-state index is 13.8. The Balaban J connectivity index is 1.85. The molecular weight excluding hydrogens is 422 g/mol. The molecule has 0 bridgehead atoms. The second kappa shape index (κ2) is 9.91. The summed E-state index contributed by atoms with van der Waals surface area (Å²) in [5.41, 5.74) is 7.16. The zero-order valence-corrected chi connectivity index (χ0v) is 17.4. The van der Waals surface area contributed by atoms with Crippen molar-refractivity contribution < 1.29 is 22.4 Å². The molecular formula is C24H23F4N3O. The highest BCUT2D eigenvalue weighted by Gasteiger charge is 2.32. The van der Waals surface area contributed by atoms with Crippen LogP contribution in [0.5, 0.6) is 0 Å². The van der Waals surface area contributed by atoms with Gasteiger partial charge in [-0.05, 0) is 54.2 Å². The summed E-state index contributed by atoms with van der Waals surface area (Å²) in [6, 6.07) is 14.7. The molecule has 1 unspecified atom stereocenters. The zero-order chi connectivity index (χ0) is 23.3. The van der Waals surface area contributed by atoms with Crippen LogP contribution in [-0.2, 0) is 17.4 Å². The van der Waals surface area contributed by atoms with Crippen LogP contribution in [0.25, 0.3) is 0 Å². The highest BCUT2D eigenvalue weighted by atomic mass is 19.4. The average Bonchev–Trinajstić information content (AvgIpc) is 2.76.